The molecule has 1 heterocycles. The van der Waals surface area contributed by atoms with Gasteiger partial charge in [-0.2, -0.15) is 5.26 Å². The summed E-state index contributed by atoms with van der Waals surface area (Å²) in [4.78, 5) is 12.9. The smallest absolute Gasteiger partial charge is 0.153 e. The maximum absolute atomic E-state index is 9.10. The van der Waals surface area contributed by atoms with E-state index in [1.54, 1.807) is 24.0 Å². The Morgan fingerprint density at radius 2 is 2.20 bits per heavy atom. The molecule has 0 saturated heterocycles. The van der Waals surface area contributed by atoms with Crippen LogP contribution in [0.4, 0.5) is 0 Å². The average Bonchev–Trinajstić information content (AvgIpc) is 2.36. The summed E-state index contributed by atoms with van der Waals surface area (Å²) < 4.78 is 0. The Kier molecular flexibility index (Phi) is 5.71. The van der Waals surface area contributed by atoms with Crippen molar-refractivity contribution in [3.63, 3.8) is 0 Å². The summed E-state index contributed by atoms with van der Waals surface area (Å²) in [6.07, 6.45) is 5.28. The molecule has 20 heavy (non-hydrogen) atoms. The van der Waals surface area contributed by atoms with Gasteiger partial charge in [0.05, 0.1) is 11.4 Å². The van der Waals surface area contributed by atoms with Gasteiger partial charge in [0.2, 0.25) is 0 Å². The third-order valence-corrected chi connectivity index (χ3v) is 2.59. The number of aliphatic imine (C=N–C) groups is 3. The molecule has 1 rings (SSSR count). The number of amidine groups is 1. The summed E-state index contributed by atoms with van der Waals surface area (Å²) >= 11 is 1.61. The highest BCUT2D eigenvalue weighted by Gasteiger charge is 2.22. The van der Waals surface area contributed by atoms with Crippen molar-refractivity contribution in [2.24, 2.45) is 15.0 Å². The van der Waals surface area contributed by atoms with Crippen molar-refractivity contribution in [3.05, 3.63) is 23.5 Å². The Morgan fingerprint density at radius 1 is 1.50 bits per heavy atom. The molecule has 6 heteroatoms. The van der Waals surface area contributed by atoms with Crippen LogP contribution in [-0.4, -0.2) is 35.9 Å². The van der Waals surface area contributed by atoms with Crippen molar-refractivity contribution in [1.82, 2.24) is 5.32 Å². The van der Waals surface area contributed by atoms with Gasteiger partial charge in [0.15, 0.2) is 5.84 Å². The minimum absolute atomic E-state index is 0.271. The van der Waals surface area contributed by atoms with Gasteiger partial charge < -0.3 is 5.32 Å². The number of nitrogens with one attached hydrogen (secondary N) is 1. The quantitative estimate of drug-likeness (QED) is 0.811. The SMILES string of the molecule is C=N/C=C1/C=C(C#N)NC(=NC(C)(C)C)C1=NCSC. The molecule has 0 aromatic heterocycles. The topological polar surface area (TPSA) is 72.9 Å². The number of rotatable bonds is 3. The van der Waals surface area contributed by atoms with Crippen LogP contribution in [0.1, 0.15) is 20.8 Å². The lowest BCUT2D eigenvalue weighted by molar-refractivity contribution is 0.582. The van der Waals surface area contributed by atoms with Gasteiger partial charge >= 0.3 is 0 Å². The highest BCUT2D eigenvalue weighted by Crippen LogP contribution is 2.16. The average molecular weight is 289 g/mol. The fourth-order valence-corrected chi connectivity index (χ4v) is 1.81. The van der Waals surface area contributed by atoms with Gasteiger partial charge in [-0.05, 0) is 39.8 Å². The van der Waals surface area contributed by atoms with Crippen LogP contribution in [0.25, 0.3) is 0 Å². The molecule has 0 aromatic carbocycles. The Balaban J connectivity index is 3.38. The lowest BCUT2D eigenvalue weighted by atomic mass is 10.0. The summed E-state index contributed by atoms with van der Waals surface area (Å²) in [7, 11) is 0. The highest BCUT2D eigenvalue weighted by molar-refractivity contribution is 7.98. The number of hydrogen-bond donors (Lipinski definition) is 1. The third kappa shape index (κ3) is 4.67. The molecule has 0 aromatic rings. The first-order valence-corrected chi connectivity index (χ1v) is 7.49. The summed E-state index contributed by atoms with van der Waals surface area (Å²) in [5, 5.41) is 12.1. The van der Waals surface area contributed by atoms with Gasteiger partial charge in [-0.1, -0.05) is 0 Å². The van der Waals surface area contributed by atoms with E-state index in [1.165, 1.54) is 0 Å². The minimum atomic E-state index is -0.271. The second-order valence-electron chi connectivity index (χ2n) is 5.12. The molecular formula is C14H19N5S. The number of hydrogen-bond acceptors (Lipinski definition) is 5. The highest BCUT2D eigenvalue weighted by atomic mass is 32.2. The fourth-order valence-electron chi connectivity index (χ4n) is 1.55. The van der Waals surface area contributed by atoms with Crippen molar-refractivity contribution >= 4 is 30.0 Å². The van der Waals surface area contributed by atoms with Gasteiger partial charge in [0.25, 0.3) is 0 Å². The second kappa shape index (κ2) is 7.06. The molecule has 0 amide bonds. The molecule has 5 nitrogen and oxygen atoms in total. The molecule has 0 fully saturated rings. The van der Waals surface area contributed by atoms with Crippen LogP contribution in [-0.2, 0) is 0 Å². The zero-order valence-corrected chi connectivity index (χ0v) is 13.1. The molecule has 1 aliphatic rings. The monoisotopic (exact) mass is 289 g/mol. The van der Waals surface area contributed by atoms with Gasteiger partial charge in [0, 0.05) is 11.8 Å². The summed E-state index contributed by atoms with van der Waals surface area (Å²) in [6, 6.07) is 2.09. The molecular weight excluding hydrogens is 270 g/mol. The van der Waals surface area contributed by atoms with E-state index in [1.807, 2.05) is 27.0 Å². The maximum Gasteiger partial charge on any atom is 0.153 e. The predicted octanol–water partition coefficient (Wildman–Crippen LogP) is 2.54. The number of nitrogens with zero attached hydrogens (tertiary/aromatic N) is 4. The van der Waals surface area contributed by atoms with Gasteiger partial charge in [0.1, 0.15) is 17.5 Å². The largest absolute Gasteiger partial charge is 0.330 e. The van der Waals surface area contributed by atoms with Crippen molar-refractivity contribution in [2.75, 3.05) is 12.1 Å². The van der Waals surface area contributed by atoms with E-state index >= 15 is 0 Å². The standard InChI is InChI=1S/C14H19N5S/c1-14(2,3)19-13-12(17-9-20-5)10(8-16-4)6-11(7-15)18-13/h6,8H,4,9H2,1-3,5H3,(H,18,19)/b10-8-,17-12?. The molecule has 0 radical (unpaired) electrons. The number of allylic oxidation sites excluding steroid dienone is 2. The Bertz CT molecular complexity index is 541. The van der Waals surface area contributed by atoms with E-state index in [2.05, 4.69) is 33.1 Å². The minimum Gasteiger partial charge on any atom is -0.330 e. The van der Waals surface area contributed by atoms with E-state index in [-0.39, 0.29) is 5.54 Å². The van der Waals surface area contributed by atoms with E-state index in [0.717, 1.165) is 5.57 Å². The molecule has 0 saturated carbocycles. The molecule has 0 aliphatic carbocycles. The number of thioether (sulfide) groups is 1. The van der Waals surface area contributed by atoms with Crippen LogP contribution in [0.5, 0.6) is 0 Å². The first-order valence-electron chi connectivity index (χ1n) is 6.10. The molecule has 0 atom stereocenters. The predicted molar refractivity (Wildman–Crippen MR) is 87.5 cm³/mol. The van der Waals surface area contributed by atoms with E-state index in [4.69, 9.17) is 5.26 Å². The van der Waals surface area contributed by atoms with Crippen molar-refractivity contribution in [1.29, 1.82) is 5.26 Å². The van der Waals surface area contributed by atoms with Crippen LogP contribution in [0, 0.1) is 11.3 Å². The summed E-state index contributed by atoms with van der Waals surface area (Å²) in [5.74, 6) is 1.21. The lowest BCUT2D eigenvalue weighted by Crippen LogP contribution is -2.37. The molecule has 1 aliphatic heterocycles. The van der Waals surface area contributed by atoms with E-state index < -0.39 is 0 Å². The van der Waals surface area contributed by atoms with Crippen LogP contribution < -0.4 is 5.32 Å². The van der Waals surface area contributed by atoms with Gasteiger partial charge in [-0.25, -0.2) is 0 Å². The zero-order valence-electron chi connectivity index (χ0n) is 12.3. The normalized spacial score (nSPS) is 21.6. The first-order chi connectivity index (χ1) is 9.41. The van der Waals surface area contributed by atoms with Crippen molar-refractivity contribution in [2.45, 2.75) is 26.3 Å². The van der Waals surface area contributed by atoms with Crippen molar-refractivity contribution < 1.29 is 0 Å². The molecule has 1 N–H and O–H groups in total. The molecule has 0 bridgehead atoms. The zero-order chi connectivity index (χ0) is 15.2. The summed E-state index contributed by atoms with van der Waals surface area (Å²) in [6.45, 7) is 9.44. The molecule has 0 spiro atoms. The number of nitriles is 1. The van der Waals surface area contributed by atoms with E-state index in [9.17, 15) is 0 Å². The van der Waals surface area contributed by atoms with Crippen LogP contribution in [0.3, 0.4) is 0 Å². The first kappa shape index (κ1) is 16.2. The van der Waals surface area contributed by atoms with E-state index in [0.29, 0.717) is 23.1 Å². The lowest BCUT2D eigenvalue weighted by Gasteiger charge is -2.22. The summed E-state index contributed by atoms with van der Waals surface area (Å²) in [5.41, 5.74) is 1.60. The third-order valence-electron chi connectivity index (χ3n) is 2.20. The molecule has 0 unspecified atom stereocenters. The fraction of sp³-hybridized carbons (Fsp3) is 0.429. The Labute approximate surface area is 124 Å². The Hall–Kier alpha value is -1.87. The Morgan fingerprint density at radius 3 is 2.70 bits per heavy atom. The maximum atomic E-state index is 9.10. The van der Waals surface area contributed by atoms with Crippen molar-refractivity contribution in [3.8, 4) is 6.07 Å². The van der Waals surface area contributed by atoms with Gasteiger partial charge in [-0.3, -0.25) is 15.0 Å². The van der Waals surface area contributed by atoms with Crippen LogP contribution in [0.15, 0.2) is 38.5 Å². The van der Waals surface area contributed by atoms with Gasteiger partial charge in [-0.15, -0.1) is 11.8 Å². The second-order valence-corrected chi connectivity index (χ2v) is 5.95. The van der Waals surface area contributed by atoms with Crippen LogP contribution in [0.2, 0.25) is 0 Å². The molecule has 106 valence electrons. The van der Waals surface area contributed by atoms with Crippen LogP contribution >= 0.6 is 11.8 Å².